The summed E-state index contributed by atoms with van der Waals surface area (Å²) in [5.41, 5.74) is 1.93. The van der Waals surface area contributed by atoms with E-state index in [1.807, 2.05) is 5.32 Å². The summed E-state index contributed by atoms with van der Waals surface area (Å²) in [5.74, 6) is -2.17. The molecule has 0 aliphatic heterocycles. The number of rotatable bonds is 4. The van der Waals surface area contributed by atoms with E-state index in [1.165, 1.54) is 11.4 Å². The lowest BCUT2D eigenvalue weighted by atomic mass is 10.0. The Balaban J connectivity index is 2.93. The Morgan fingerprint density at radius 2 is 2.05 bits per heavy atom. The van der Waals surface area contributed by atoms with Gasteiger partial charge in [-0.3, -0.25) is 4.79 Å². The molecule has 0 spiro atoms. The first-order chi connectivity index (χ1) is 9.11. The van der Waals surface area contributed by atoms with Crippen molar-refractivity contribution >= 4 is 28.2 Å². The molecular weight excluding hydrogens is 297 g/mol. The number of thiophene rings is 1. The monoisotopic (exact) mass is 310 g/mol. The predicted molar refractivity (Wildman–Crippen MR) is 67.6 cm³/mol. The third kappa shape index (κ3) is 3.28. The van der Waals surface area contributed by atoms with Crippen LogP contribution in [0.3, 0.4) is 0 Å². The van der Waals surface area contributed by atoms with Gasteiger partial charge < -0.3 is 15.8 Å². The maximum atomic E-state index is 12.6. The minimum absolute atomic E-state index is 0.0109. The van der Waals surface area contributed by atoms with E-state index in [9.17, 15) is 22.8 Å². The number of hydrogen-bond acceptors (Lipinski definition) is 5. The molecule has 1 atom stereocenters. The van der Waals surface area contributed by atoms with Crippen molar-refractivity contribution in [3.05, 3.63) is 17.0 Å². The molecule has 3 N–H and O–H groups in total. The van der Waals surface area contributed by atoms with Crippen LogP contribution in [0.4, 0.5) is 18.2 Å². The van der Waals surface area contributed by atoms with E-state index in [-0.39, 0.29) is 17.2 Å². The molecule has 1 aromatic rings. The van der Waals surface area contributed by atoms with E-state index in [0.29, 0.717) is 6.92 Å². The summed E-state index contributed by atoms with van der Waals surface area (Å²) in [6.45, 7) is 2.25. The van der Waals surface area contributed by atoms with Gasteiger partial charge >= 0.3 is 12.1 Å². The molecule has 20 heavy (non-hydrogen) atoms. The molecule has 0 aliphatic carbocycles. The van der Waals surface area contributed by atoms with Crippen molar-refractivity contribution in [2.24, 2.45) is 5.73 Å². The van der Waals surface area contributed by atoms with Gasteiger partial charge in [0.05, 0.1) is 12.2 Å². The van der Waals surface area contributed by atoms with Crippen molar-refractivity contribution in [2.45, 2.75) is 25.6 Å². The highest BCUT2D eigenvalue weighted by Gasteiger charge is 2.54. The average Bonchev–Trinajstić information content (AvgIpc) is 2.75. The van der Waals surface area contributed by atoms with Crippen molar-refractivity contribution < 1.29 is 27.5 Å². The third-order valence-corrected chi connectivity index (χ3v) is 3.28. The number of carbonyl (C=O) groups excluding carboxylic acids is 2. The van der Waals surface area contributed by atoms with Crippen LogP contribution in [0.25, 0.3) is 0 Å². The van der Waals surface area contributed by atoms with E-state index in [1.54, 1.807) is 6.92 Å². The number of nitrogens with one attached hydrogen (secondary N) is 1. The molecular formula is C11H13F3N2O3S. The van der Waals surface area contributed by atoms with Crippen molar-refractivity contribution in [2.75, 3.05) is 11.9 Å². The molecule has 0 radical (unpaired) electrons. The zero-order valence-corrected chi connectivity index (χ0v) is 11.5. The molecule has 1 unspecified atom stereocenters. The van der Waals surface area contributed by atoms with Crippen LogP contribution in [0.2, 0.25) is 0 Å². The maximum absolute atomic E-state index is 12.6. The van der Waals surface area contributed by atoms with Gasteiger partial charge in [-0.15, -0.1) is 11.3 Å². The van der Waals surface area contributed by atoms with Crippen molar-refractivity contribution in [3.8, 4) is 0 Å². The number of ether oxygens (including phenoxy) is 1. The zero-order chi connectivity index (χ0) is 15.6. The topological polar surface area (TPSA) is 81.4 Å². The number of nitrogens with two attached hydrogens (primary N) is 1. The highest BCUT2D eigenvalue weighted by Crippen LogP contribution is 2.31. The summed E-state index contributed by atoms with van der Waals surface area (Å²) in [4.78, 5) is 23.1. The molecule has 1 heterocycles. The van der Waals surface area contributed by atoms with Crippen LogP contribution in [0.15, 0.2) is 11.4 Å². The second-order valence-corrected chi connectivity index (χ2v) is 4.95. The van der Waals surface area contributed by atoms with Crippen molar-refractivity contribution in [1.82, 2.24) is 0 Å². The molecule has 0 saturated heterocycles. The zero-order valence-electron chi connectivity index (χ0n) is 10.7. The van der Waals surface area contributed by atoms with Crippen molar-refractivity contribution in [1.29, 1.82) is 0 Å². The summed E-state index contributed by atoms with van der Waals surface area (Å²) in [5, 5.41) is 3.43. The summed E-state index contributed by atoms with van der Waals surface area (Å²) < 4.78 is 42.6. The third-order valence-electron chi connectivity index (χ3n) is 2.45. The number of carbonyl (C=O) groups is 2. The molecule has 5 nitrogen and oxygen atoms in total. The maximum Gasteiger partial charge on any atom is 0.415 e. The van der Waals surface area contributed by atoms with Crippen LogP contribution < -0.4 is 11.1 Å². The van der Waals surface area contributed by atoms with Gasteiger partial charge in [-0.1, -0.05) is 0 Å². The normalized spacial score (nSPS) is 14.5. The molecule has 9 heteroatoms. The standard InChI is InChI=1S/C11H13F3N2O3S/c1-3-19-8(17)6-4-5-20-7(6)16-9(18)10(2,15)11(12,13)14/h4-5H,3,15H2,1-2H3,(H,16,18). The number of halogens is 3. The number of alkyl halides is 3. The lowest BCUT2D eigenvalue weighted by Crippen LogP contribution is -2.59. The Morgan fingerprint density at radius 3 is 2.55 bits per heavy atom. The predicted octanol–water partition coefficient (Wildman–Crippen LogP) is 2.14. The molecule has 0 aromatic carbocycles. The summed E-state index contributed by atoms with van der Waals surface area (Å²) in [6, 6.07) is 1.35. The highest BCUT2D eigenvalue weighted by molar-refractivity contribution is 7.14. The molecule has 112 valence electrons. The fourth-order valence-corrected chi connectivity index (χ4v) is 1.91. The Labute approximate surface area is 116 Å². The number of esters is 1. The van der Waals surface area contributed by atoms with Crippen LogP contribution in [0, 0.1) is 0 Å². The Kier molecular flexibility index (Phi) is 4.77. The van der Waals surface area contributed by atoms with Crippen LogP contribution in [0.1, 0.15) is 24.2 Å². The van der Waals surface area contributed by atoms with Gasteiger partial charge in [0.25, 0.3) is 5.91 Å². The molecule has 0 aliphatic rings. The van der Waals surface area contributed by atoms with E-state index in [4.69, 9.17) is 10.5 Å². The highest BCUT2D eigenvalue weighted by atomic mass is 32.1. The molecule has 1 aromatic heterocycles. The first kappa shape index (κ1) is 16.4. The Morgan fingerprint density at radius 1 is 1.45 bits per heavy atom. The van der Waals surface area contributed by atoms with Gasteiger partial charge in [0, 0.05) is 0 Å². The van der Waals surface area contributed by atoms with Gasteiger partial charge in [0.1, 0.15) is 5.00 Å². The summed E-state index contributed by atoms with van der Waals surface area (Å²) in [6.07, 6.45) is -4.90. The molecule has 1 amide bonds. The second-order valence-electron chi connectivity index (χ2n) is 4.04. The lowest BCUT2D eigenvalue weighted by Gasteiger charge is -2.25. The lowest BCUT2D eigenvalue weighted by molar-refractivity contribution is -0.184. The van der Waals surface area contributed by atoms with E-state index < -0.39 is 23.6 Å². The summed E-state index contributed by atoms with van der Waals surface area (Å²) in [7, 11) is 0. The minimum Gasteiger partial charge on any atom is -0.462 e. The molecule has 1 rings (SSSR count). The van der Waals surface area contributed by atoms with Gasteiger partial charge in [-0.25, -0.2) is 4.79 Å². The largest absolute Gasteiger partial charge is 0.462 e. The SMILES string of the molecule is CCOC(=O)c1ccsc1NC(=O)C(C)(N)C(F)(F)F. The minimum atomic E-state index is -4.90. The Hall–Kier alpha value is -1.61. The van der Waals surface area contributed by atoms with Gasteiger partial charge in [0.2, 0.25) is 0 Å². The van der Waals surface area contributed by atoms with Crippen LogP contribution in [-0.2, 0) is 9.53 Å². The van der Waals surface area contributed by atoms with Gasteiger partial charge in [-0.05, 0) is 25.3 Å². The number of anilines is 1. The fourth-order valence-electron chi connectivity index (χ4n) is 1.14. The summed E-state index contributed by atoms with van der Waals surface area (Å²) >= 11 is 0.903. The van der Waals surface area contributed by atoms with Gasteiger partial charge in [-0.2, -0.15) is 13.2 Å². The van der Waals surface area contributed by atoms with E-state index in [0.717, 1.165) is 11.3 Å². The quantitative estimate of drug-likeness (QED) is 0.835. The molecule has 0 saturated carbocycles. The fraction of sp³-hybridized carbons (Fsp3) is 0.455. The first-order valence-electron chi connectivity index (χ1n) is 5.53. The van der Waals surface area contributed by atoms with Gasteiger partial charge in [0.15, 0.2) is 5.54 Å². The number of hydrogen-bond donors (Lipinski definition) is 2. The van der Waals surface area contributed by atoms with Crippen LogP contribution in [-0.4, -0.2) is 30.2 Å². The van der Waals surface area contributed by atoms with Crippen LogP contribution in [0.5, 0.6) is 0 Å². The smallest absolute Gasteiger partial charge is 0.415 e. The second kappa shape index (κ2) is 5.80. The molecule has 0 fully saturated rings. The Bertz CT molecular complexity index is 511. The van der Waals surface area contributed by atoms with E-state index in [2.05, 4.69) is 0 Å². The molecule has 0 bridgehead atoms. The van der Waals surface area contributed by atoms with E-state index >= 15 is 0 Å². The van der Waals surface area contributed by atoms with Crippen LogP contribution >= 0.6 is 11.3 Å². The number of amides is 1. The first-order valence-corrected chi connectivity index (χ1v) is 6.41. The average molecular weight is 310 g/mol. The van der Waals surface area contributed by atoms with Crippen molar-refractivity contribution in [3.63, 3.8) is 0 Å².